The molecule has 0 bridgehead atoms. The second kappa shape index (κ2) is 12.5. The van der Waals surface area contributed by atoms with Gasteiger partial charge in [-0.3, -0.25) is 9.97 Å². The Kier molecular flexibility index (Phi) is 8.94. The van der Waals surface area contributed by atoms with E-state index in [0.29, 0.717) is 35.1 Å². The summed E-state index contributed by atoms with van der Waals surface area (Å²) in [6.07, 6.45) is 0. The summed E-state index contributed by atoms with van der Waals surface area (Å²) < 4.78 is 4.00. The molecule has 0 atom stereocenters. The number of aromatic nitrogens is 5. The zero-order valence-corrected chi connectivity index (χ0v) is 28.5. The van der Waals surface area contributed by atoms with Gasteiger partial charge in [0.1, 0.15) is 23.1 Å². The van der Waals surface area contributed by atoms with Crippen LogP contribution < -0.4 is 0 Å². The predicted molar refractivity (Wildman–Crippen MR) is 174 cm³/mol. The number of para-hydroxylation sites is 4. The Morgan fingerprint density at radius 3 is 2.02 bits per heavy atom. The minimum atomic E-state index is 0. The van der Waals surface area contributed by atoms with Crippen molar-refractivity contribution in [2.45, 2.75) is 66.2 Å². The molecular formula is C37H38N5OPt-. The van der Waals surface area contributed by atoms with Crippen LogP contribution in [0.15, 0.2) is 78.9 Å². The molecular weight excluding hydrogens is 726 g/mol. The van der Waals surface area contributed by atoms with Gasteiger partial charge in [-0.2, -0.15) is 5.10 Å². The van der Waals surface area contributed by atoms with Crippen LogP contribution in [0.25, 0.3) is 45.2 Å². The molecule has 6 nitrogen and oxygen atoms in total. The van der Waals surface area contributed by atoms with Crippen molar-refractivity contribution in [2.75, 3.05) is 0 Å². The SMILES string of the molecule is Cc1nc(-c2[c-]c(-c3nc4ccccc4n3-c3c(C(C)C)cc(C(C)C)cc3C(C)C)ccc2)nn1-c1ccccc1O.[Pt]. The first-order chi connectivity index (χ1) is 20.6. The van der Waals surface area contributed by atoms with Gasteiger partial charge in [0.25, 0.3) is 0 Å². The normalized spacial score (nSPS) is 11.6. The Balaban J connectivity index is 0.00000384. The van der Waals surface area contributed by atoms with Gasteiger partial charge in [-0.15, -0.1) is 24.3 Å². The van der Waals surface area contributed by atoms with Crippen molar-refractivity contribution in [1.82, 2.24) is 24.3 Å². The van der Waals surface area contributed by atoms with E-state index in [1.807, 2.05) is 37.3 Å². The maximum Gasteiger partial charge on any atom is 0.141 e. The van der Waals surface area contributed by atoms with Gasteiger partial charge >= 0.3 is 0 Å². The molecule has 7 heteroatoms. The molecule has 0 fully saturated rings. The largest absolute Gasteiger partial charge is 0.506 e. The molecule has 0 unspecified atom stereocenters. The third-order valence-electron chi connectivity index (χ3n) is 8.04. The summed E-state index contributed by atoms with van der Waals surface area (Å²) >= 11 is 0. The number of hydrogen-bond acceptors (Lipinski definition) is 4. The minimum absolute atomic E-state index is 0. The van der Waals surface area contributed by atoms with Crippen LogP contribution in [0.2, 0.25) is 0 Å². The van der Waals surface area contributed by atoms with E-state index in [2.05, 4.69) is 88.6 Å². The molecule has 0 aliphatic carbocycles. The number of phenols is 1. The molecule has 1 N–H and O–H groups in total. The summed E-state index contributed by atoms with van der Waals surface area (Å²) in [6, 6.07) is 29.9. The van der Waals surface area contributed by atoms with Crippen molar-refractivity contribution in [2.24, 2.45) is 0 Å². The minimum Gasteiger partial charge on any atom is -0.506 e. The van der Waals surface area contributed by atoms with E-state index < -0.39 is 0 Å². The Hall–Kier alpha value is -4.02. The molecule has 4 aromatic carbocycles. The van der Waals surface area contributed by atoms with Gasteiger partial charge in [-0.1, -0.05) is 89.1 Å². The second-order valence-corrected chi connectivity index (χ2v) is 12.1. The number of benzene rings is 4. The summed E-state index contributed by atoms with van der Waals surface area (Å²) in [6.45, 7) is 15.5. The fourth-order valence-corrected chi connectivity index (χ4v) is 5.71. The second-order valence-electron chi connectivity index (χ2n) is 12.1. The van der Waals surface area contributed by atoms with Crippen molar-refractivity contribution >= 4 is 11.0 Å². The molecule has 44 heavy (non-hydrogen) atoms. The molecule has 6 rings (SSSR count). The average Bonchev–Trinajstić information content (AvgIpc) is 3.57. The molecule has 0 amide bonds. The maximum absolute atomic E-state index is 10.4. The smallest absolute Gasteiger partial charge is 0.141 e. The number of imidazole rings is 1. The summed E-state index contributed by atoms with van der Waals surface area (Å²) in [5.74, 6) is 3.27. The van der Waals surface area contributed by atoms with Gasteiger partial charge in [0.05, 0.1) is 16.9 Å². The van der Waals surface area contributed by atoms with E-state index in [4.69, 9.17) is 15.1 Å². The van der Waals surface area contributed by atoms with Crippen molar-refractivity contribution in [1.29, 1.82) is 0 Å². The molecule has 2 heterocycles. The zero-order valence-electron chi connectivity index (χ0n) is 26.2. The van der Waals surface area contributed by atoms with Crippen LogP contribution in [-0.2, 0) is 21.1 Å². The maximum atomic E-state index is 10.4. The van der Waals surface area contributed by atoms with Gasteiger partial charge in [0.15, 0.2) is 0 Å². The van der Waals surface area contributed by atoms with Crippen molar-refractivity contribution in [3.63, 3.8) is 0 Å². The molecule has 228 valence electrons. The quantitative estimate of drug-likeness (QED) is 0.165. The number of fused-ring (bicyclic) bond motifs is 1. The summed E-state index contributed by atoms with van der Waals surface area (Å²) in [7, 11) is 0. The molecule has 0 radical (unpaired) electrons. The Morgan fingerprint density at radius 1 is 0.727 bits per heavy atom. The molecule has 0 saturated carbocycles. The Morgan fingerprint density at radius 2 is 1.36 bits per heavy atom. The fraction of sp³-hybridized carbons (Fsp3) is 0.270. The molecule has 0 spiro atoms. The van der Waals surface area contributed by atoms with E-state index in [1.54, 1.807) is 16.8 Å². The van der Waals surface area contributed by atoms with Crippen LogP contribution >= 0.6 is 0 Å². The first kappa shape index (κ1) is 31.4. The fourth-order valence-electron chi connectivity index (χ4n) is 5.71. The molecule has 0 saturated heterocycles. The van der Waals surface area contributed by atoms with Gasteiger partial charge < -0.3 is 9.67 Å². The monoisotopic (exact) mass is 763 g/mol. The number of rotatable bonds is 7. The predicted octanol–water partition coefficient (Wildman–Crippen LogP) is 9.12. The van der Waals surface area contributed by atoms with Crippen LogP contribution in [0.3, 0.4) is 0 Å². The third-order valence-corrected chi connectivity index (χ3v) is 8.04. The first-order valence-corrected chi connectivity index (χ1v) is 15.0. The van der Waals surface area contributed by atoms with Crippen LogP contribution in [0.5, 0.6) is 5.75 Å². The van der Waals surface area contributed by atoms with Crippen molar-refractivity contribution in [3.05, 3.63) is 107 Å². The van der Waals surface area contributed by atoms with Gasteiger partial charge in [0.2, 0.25) is 0 Å². The van der Waals surface area contributed by atoms with E-state index >= 15 is 0 Å². The van der Waals surface area contributed by atoms with Gasteiger partial charge in [-0.05, 0) is 65.6 Å². The molecule has 0 aliphatic heterocycles. The number of aryl methyl sites for hydroxylation is 1. The third kappa shape index (κ3) is 5.64. The van der Waals surface area contributed by atoms with Crippen LogP contribution in [-0.4, -0.2) is 29.4 Å². The average molecular weight is 764 g/mol. The van der Waals surface area contributed by atoms with Crippen molar-refractivity contribution in [3.8, 4) is 39.9 Å². The van der Waals surface area contributed by atoms with E-state index in [-0.39, 0.29) is 26.8 Å². The number of aromatic hydroxyl groups is 1. The van der Waals surface area contributed by atoms with Crippen molar-refractivity contribution < 1.29 is 26.2 Å². The topological polar surface area (TPSA) is 68.8 Å². The Bertz CT molecular complexity index is 1920. The molecule has 2 aromatic heterocycles. The summed E-state index contributed by atoms with van der Waals surface area (Å²) in [4.78, 5) is 9.93. The molecule has 6 aromatic rings. The van der Waals surface area contributed by atoms with E-state index in [9.17, 15) is 5.11 Å². The Labute approximate surface area is 274 Å². The van der Waals surface area contributed by atoms with E-state index in [1.165, 1.54) is 22.4 Å². The van der Waals surface area contributed by atoms with Crippen LogP contribution in [0, 0.1) is 13.0 Å². The molecule has 0 aliphatic rings. The number of nitrogens with zero attached hydrogens (tertiary/aromatic N) is 5. The number of phenolic OH excluding ortho intramolecular Hbond substituents is 1. The zero-order chi connectivity index (χ0) is 30.4. The summed E-state index contributed by atoms with van der Waals surface area (Å²) in [5, 5.41) is 15.2. The number of hydrogen-bond donors (Lipinski definition) is 1. The van der Waals surface area contributed by atoms with Crippen LogP contribution in [0.1, 0.15) is 81.8 Å². The van der Waals surface area contributed by atoms with Gasteiger partial charge in [-0.25, -0.2) is 4.68 Å². The first-order valence-electron chi connectivity index (χ1n) is 15.0. The summed E-state index contributed by atoms with van der Waals surface area (Å²) in [5.41, 5.74) is 9.40. The van der Waals surface area contributed by atoms with Crippen LogP contribution in [0.4, 0.5) is 0 Å². The van der Waals surface area contributed by atoms with E-state index in [0.717, 1.165) is 28.0 Å². The van der Waals surface area contributed by atoms with Gasteiger partial charge in [0, 0.05) is 26.8 Å². The standard InChI is InChI=1S/C37H38N5O.Pt/c1-22(2)28-20-29(23(3)4)35(30(21-28)24(5)6)41-32-16-9-8-15-31(32)39-37(41)27-14-12-13-26(19-27)36-38-25(7)42(40-36)33-17-10-11-18-34(33)43;/h8-18,20-24,43H,1-7H3;/q-1;.